The van der Waals surface area contributed by atoms with Crippen molar-refractivity contribution in [2.24, 2.45) is 0 Å². The Balaban J connectivity index is 1.96. The molecule has 0 aliphatic heterocycles. The molecule has 2 rings (SSSR count). The number of benzene rings is 1. The highest BCUT2D eigenvalue weighted by Crippen LogP contribution is 2.27. The molecule has 2 N–H and O–H groups in total. The van der Waals surface area contributed by atoms with Crippen LogP contribution >= 0.6 is 0 Å². The van der Waals surface area contributed by atoms with Gasteiger partial charge in [0.2, 0.25) is 0 Å². The predicted octanol–water partition coefficient (Wildman–Crippen LogP) is 1.72. The van der Waals surface area contributed by atoms with Crippen LogP contribution in [0.4, 0.5) is 0 Å². The standard InChI is InChI=1S/C16H25NO3/c1-18-14-7-5-4-6-13(14)17-11-12-8-9-15(19-2)16(10-12)20-3/h8-10,13-14,17H,4-7,11H2,1-3H3/p+1. The van der Waals surface area contributed by atoms with E-state index >= 15 is 0 Å². The molecule has 1 saturated carbocycles. The van der Waals surface area contributed by atoms with E-state index in [1.54, 1.807) is 14.2 Å². The van der Waals surface area contributed by atoms with E-state index in [0.717, 1.165) is 18.0 Å². The summed E-state index contributed by atoms with van der Waals surface area (Å²) in [5.74, 6) is 1.58. The van der Waals surface area contributed by atoms with Crippen LogP contribution in [-0.2, 0) is 11.3 Å². The van der Waals surface area contributed by atoms with Gasteiger partial charge in [0.15, 0.2) is 11.5 Å². The molecule has 0 amide bonds. The first-order valence-electron chi connectivity index (χ1n) is 7.35. The molecule has 1 fully saturated rings. The van der Waals surface area contributed by atoms with Crippen molar-refractivity contribution in [2.45, 2.75) is 44.4 Å². The zero-order chi connectivity index (χ0) is 14.4. The topological polar surface area (TPSA) is 44.3 Å². The Kier molecular flexibility index (Phi) is 5.68. The van der Waals surface area contributed by atoms with Crippen LogP contribution in [0.5, 0.6) is 11.5 Å². The van der Waals surface area contributed by atoms with Crippen LogP contribution in [0, 0.1) is 0 Å². The molecule has 1 aliphatic rings. The van der Waals surface area contributed by atoms with E-state index in [1.807, 2.05) is 13.2 Å². The van der Waals surface area contributed by atoms with Gasteiger partial charge in [-0.3, -0.25) is 0 Å². The number of quaternary nitrogens is 1. The quantitative estimate of drug-likeness (QED) is 0.863. The van der Waals surface area contributed by atoms with E-state index in [-0.39, 0.29) is 0 Å². The minimum absolute atomic E-state index is 0.392. The van der Waals surface area contributed by atoms with Crippen molar-refractivity contribution in [3.05, 3.63) is 23.8 Å². The molecule has 0 bridgehead atoms. The molecule has 20 heavy (non-hydrogen) atoms. The highest BCUT2D eigenvalue weighted by molar-refractivity contribution is 5.42. The van der Waals surface area contributed by atoms with Crippen molar-refractivity contribution in [1.82, 2.24) is 0 Å². The summed E-state index contributed by atoms with van der Waals surface area (Å²) in [5.41, 5.74) is 1.25. The molecule has 1 aromatic rings. The molecule has 0 radical (unpaired) electrons. The lowest BCUT2D eigenvalue weighted by molar-refractivity contribution is -0.713. The zero-order valence-electron chi connectivity index (χ0n) is 12.7. The fourth-order valence-electron chi connectivity index (χ4n) is 2.98. The van der Waals surface area contributed by atoms with Crippen LogP contribution in [-0.4, -0.2) is 33.5 Å². The maximum Gasteiger partial charge on any atom is 0.161 e. The Morgan fingerprint density at radius 1 is 1.05 bits per heavy atom. The molecule has 0 aromatic heterocycles. The van der Waals surface area contributed by atoms with Gasteiger partial charge in [0.25, 0.3) is 0 Å². The molecule has 2 atom stereocenters. The van der Waals surface area contributed by atoms with Crippen molar-refractivity contribution in [3.8, 4) is 11.5 Å². The summed E-state index contributed by atoms with van der Waals surface area (Å²) in [4.78, 5) is 0. The molecule has 112 valence electrons. The Labute approximate surface area is 121 Å². The Morgan fingerprint density at radius 2 is 1.80 bits per heavy atom. The van der Waals surface area contributed by atoms with Gasteiger partial charge in [0.1, 0.15) is 18.7 Å². The van der Waals surface area contributed by atoms with Crippen molar-refractivity contribution >= 4 is 0 Å². The van der Waals surface area contributed by atoms with E-state index in [2.05, 4.69) is 17.4 Å². The van der Waals surface area contributed by atoms with Gasteiger partial charge in [-0.25, -0.2) is 0 Å². The van der Waals surface area contributed by atoms with Gasteiger partial charge in [-0.05, 0) is 31.0 Å². The van der Waals surface area contributed by atoms with Gasteiger partial charge in [0.05, 0.1) is 14.2 Å². The maximum absolute atomic E-state index is 5.60. The minimum Gasteiger partial charge on any atom is -0.493 e. The average Bonchev–Trinajstić information content (AvgIpc) is 2.52. The van der Waals surface area contributed by atoms with Crippen LogP contribution in [0.25, 0.3) is 0 Å². The fraction of sp³-hybridized carbons (Fsp3) is 0.625. The third kappa shape index (κ3) is 3.64. The van der Waals surface area contributed by atoms with Gasteiger partial charge in [-0.1, -0.05) is 6.42 Å². The highest BCUT2D eigenvalue weighted by atomic mass is 16.5. The summed E-state index contributed by atoms with van der Waals surface area (Å²) in [7, 11) is 5.16. The van der Waals surface area contributed by atoms with E-state index in [4.69, 9.17) is 14.2 Å². The summed E-state index contributed by atoms with van der Waals surface area (Å²) in [6.07, 6.45) is 5.42. The number of nitrogens with two attached hydrogens (primary N) is 1. The maximum atomic E-state index is 5.60. The SMILES string of the molecule is COc1ccc(C[NH2+]C2CCCCC2OC)cc1OC. The number of hydrogen-bond donors (Lipinski definition) is 1. The Bertz CT molecular complexity index is 422. The number of ether oxygens (including phenoxy) is 3. The molecule has 0 saturated heterocycles. The summed E-state index contributed by atoms with van der Waals surface area (Å²) in [6, 6.07) is 6.70. The van der Waals surface area contributed by atoms with Gasteiger partial charge < -0.3 is 19.5 Å². The Morgan fingerprint density at radius 3 is 2.50 bits per heavy atom. The predicted molar refractivity (Wildman–Crippen MR) is 78.2 cm³/mol. The van der Waals surface area contributed by atoms with Crippen LogP contribution in [0.1, 0.15) is 31.2 Å². The second kappa shape index (κ2) is 7.50. The monoisotopic (exact) mass is 280 g/mol. The molecule has 1 aliphatic carbocycles. The lowest BCUT2D eigenvalue weighted by Gasteiger charge is -2.28. The molecule has 0 heterocycles. The summed E-state index contributed by atoms with van der Waals surface area (Å²) in [6.45, 7) is 0.949. The molecule has 4 nitrogen and oxygen atoms in total. The van der Waals surface area contributed by atoms with Crippen LogP contribution in [0.15, 0.2) is 18.2 Å². The third-order valence-electron chi connectivity index (χ3n) is 4.16. The first-order valence-corrected chi connectivity index (χ1v) is 7.35. The van der Waals surface area contributed by atoms with Gasteiger partial charge in [0, 0.05) is 19.1 Å². The number of rotatable bonds is 6. The molecule has 0 spiro atoms. The third-order valence-corrected chi connectivity index (χ3v) is 4.16. The van der Waals surface area contributed by atoms with E-state index in [9.17, 15) is 0 Å². The second-order valence-corrected chi connectivity index (χ2v) is 5.35. The van der Waals surface area contributed by atoms with Gasteiger partial charge in [-0.2, -0.15) is 0 Å². The van der Waals surface area contributed by atoms with Crippen molar-refractivity contribution in [1.29, 1.82) is 0 Å². The number of methoxy groups -OCH3 is 3. The van der Waals surface area contributed by atoms with Crippen molar-refractivity contribution in [3.63, 3.8) is 0 Å². The van der Waals surface area contributed by atoms with E-state index < -0.39 is 0 Å². The van der Waals surface area contributed by atoms with Crippen molar-refractivity contribution in [2.75, 3.05) is 21.3 Å². The lowest BCUT2D eigenvalue weighted by atomic mass is 9.92. The molecule has 2 unspecified atom stereocenters. The molecule has 4 heteroatoms. The van der Waals surface area contributed by atoms with E-state index in [0.29, 0.717) is 12.1 Å². The van der Waals surface area contributed by atoms with Crippen LogP contribution in [0.2, 0.25) is 0 Å². The zero-order valence-corrected chi connectivity index (χ0v) is 12.7. The average molecular weight is 280 g/mol. The molecule has 1 aromatic carbocycles. The Hall–Kier alpha value is -1.26. The first-order chi connectivity index (χ1) is 9.78. The number of hydrogen-bond acceptors (Lipinski definition) is 3. The van der Waals surface area contributed by atoms with E-state index in [1.165, 1.54) is 31.2 Å². The fourth-order valence-corrected chi connectivity index (χ4v) is 2.98. The first kappa shape index (κ1) is 15.1. The molecular weight excluding hydrogens is 254 g/mol. The normalized spacial score (nSPS) is 22.6. The van der Waals surface area contributed by atoms with Crippen molar-refractivity contribution < 1.29 is 19.5 Å². The second-order valence-electron chi connectivity index (χ2n) is 5.35. The largest absolute Gasteiger partial charge is 0.493 e. The summed E-state index contributed by atoms with van der Waals surface area (Å²) >= 11 is 0. The minimum atomic E-state index is 0.392. The van der Waals surface area contributed by atoms with Crippen LogP contribution in [0.3, 0.4) is 0 Å². The van der Waals surface area contributed by atoms with Crippen LogP contribution < -0.4 is 14.8 Å². The highest BCUT2D eigenvalue weighted by Gasteiger charge is 2.27. The molecular formula is C16H26NO3+. The summed E-state index contributed by atoms with van der Waals surface area (Å²) < 4.78 is 16.2. The summed E-state index contributed by atoms with van der Waals surface area (Å²) in [5, 5.41) is 2.40. The van der Waals surface area contributed by atoms with Gasteiger partial charge >= 0.3 is 0 Å². The lowest BCUT2D eigenvalue weighted by Crippen LogP contribution is -2.91. The van der Waals surface area contributed by atoms with Gasteiger partial charge in [-0.15, -0.1) is 0 Å². The smallest absolute Gasteiger partial charge is 0.161 e.